The monoisotopic (exact) mass is 332 g/mol. The van der Waals surface area contributed by atoms with Crippen molar-refractivity contribution in [3.63, 3.8) is 0 Å². The van der Waals surface area contributed by atoms with Crippen molar-refractivity contribution >= 4 is 5.97 Å². The molecular formula is C21H32O3. The second kappa shape index (κ2) is 4.99. The molecule has 24 heavy (non-hydrogen) atoms. The maximum Gasteiger partial charge on any atom is 0.313 e. The van der Waals surface area contributed by atoms with Gasteiger partial charge < -0.3 is 9.84 Å². The highest BCUT2D eigenvalue weighted by atomic mass is 16.6. The predicted molar refractivity (Wildman–Crippen MR) is 91.1 cm³/mol. The van der Waals surface area contributed by atoms with Gasteiger partial charge >= 0.3 is 5.97 Å². The van der Waals surface area contributed by atoms with Crippen LogP contribution in [0, 0.1) is 40.4 Å². The Hall–Kier alpha value is -0.570. The van der Waals surface area contributed by atoms with Crippen LogP contribution < -0.4 is 0 Å². The zero-order valence-corrected chi connectivity index (χ0v) is 15.2. The summed E-state index contributed by atoms with van der Waals surface area (Å²) in [7, 11) is 0. The van der Waals surface area contributed by atoms with Gasteiger partial charge in [-0.25, -0.2) is 0 Å². The van der Waals surface area contributed by atoms with Crippen LogP contribution in [-0.2, 0) is 9.53 Å². The van der Waals surface area contributed by atoms with E-state index < -0.39 is 0 Å². The van der Waals surface area contributed by atoms with E-state index in [-0.39, 0.29) is 23.6 Å². The van der Waals surface area contributed by atoms with Crippen molar-refractivity contribution in [2.45, 2.75) is 83.8 Å². The molecule has 0 aromatic carbocycles. The standard InChI is InChI=1S/C21H32O3/c1-12-16-5-6-18-15-4-3-13-11-14(22)7-9-20(13,2)17(15)8-10-21(16,18)19(23)24-12/h12-18,22H,3-11H2,1-2H3/t12-,13+,14?,15-,16?,17+,18+,20?,21?/m1/s1. The summed E-state index contributed by atoms with van der Waals surface area (Å²) in [6, 6.07) is 0. The Labute approximate surface area is 145 Å². The maximum absolute atomic E-state index is 12.8. The summed E-state index contributed by atoms with van der Waals surface area (Å²) in [4.78, 5) is 12.8. The van der Waals surface area contributed by atoms with Gasteiger partial charge in [0.1, 0.15) is 6.10 Å². The molecule has 9 atom stereocenters. The topological polar surface area (TPSA) is 46.5 Å². The van der Waals surface area contributed by atoms with Crippen LogP contribution in [0.5, 0.6) is 0 Å². The van der Waals surface area contributed by atoms with Crippen LogP contribution in [0.15, 0.2) is 0 Å². The first-order chi connectivity index (χ1) is 11.5. The molecular weight excluding hydrogens is 300 g/mol. The highest BCUT2D eigenvalue weighted by Crippen LogP contribution is 2.69. The number of ether oxygens (including phenoxy) is 1. The number of carbonyl (C=O) groups is 1. The average molecular weight is 332 g/mol. The number of hydrogen-bond acceptors (Lipinski definition) is 3. The van der Waals surface area contributed by atoms with Gasteiger partial charge in [-0.1, -0.05) is 6.92 Å². The van der Waals surface area contributed by atoms with Gasteiger partial charge in [0.2, 0.25) is 0 Å². The van der Waals surface area contributed by atoms with E-state index in [9.17, 15) is 9.90 Å². The molecule has 4 unspecified atom stereocenters. The van der Waals surface area contributed by atoms with Crippen LogP contribution in [-0.4, -0.2) is 23.3 Å². The van der Waals surface area contributed by atoms with Crippen molar-refractivity contribution in [3.05, 3.63) is 0 Å². The first-order valence-corrected chi connectivity index (χ1v) is 10.4. The number of aliphatic hydroxyl groups excluding tert-OH is 1. The first kappa shape index (κ1) is 15.7. The van der Waals surface area contributed by atoms with Crippen LogP contribution in [0.25, 0.3) is 0 Å². The van der Waals surface area contributed by atoms with Crippen molar-refractivity contribution in [1.29, 1.82) is 0 Å². The summed E-state index contributed by atoms with van der Waals surface area (Å²) < 4.78 is 5.74. The van der Waals surface area contributed by atoms with Gasteiger partial charge in [0.15, 0.2) is 0 Å². The molecule has 1 aliphatic heterocycles. The van der Waals surface area contributed by atoms with Crippen molar-refractivity contribution in [3.8, 4) is 0 Å². The molecule has 1 heterocycles. The molecule has 5 rings (SSSR count). The lowest BCUT2D eigenvalue weighted by Crippen LogP contribution is -2.55. The molecule has 0 radical (unpaired) electrons. The minimum Gasteiger partial charge on any atom is -0.462 e. The third kappa shape index (κ3) is 1.75. The summed E-state index contributed by atoms with van der Waals surface area (Å²) >= 11 is 0. The third-order valence-electron chi connectivity index (χ3n) is 9.46. The minimum absolute atomic E-state index is 0.0731. The Morgan fingerprint density at radius 2 is 1.79 bits per heavy atom. The Kier molecular flexibility index (Phi) is 3.26. The Bertz CT molecular complexity index is 559. The SMILES string of the molecule is C[C@H]1OC(=O)C23CC[C@H]4[C@@H](CC[C@H]5CC(O)CCC54C)[C@@H]2CCC13. The Morgan fingerprint density at radius 3 is 2.62 bits per heavy atom. The zero-order chi connectivity index (χ0) is 16.7. The van der Waals surface area contributed by atoms with Crippen molar-refractivity contribution < 1.29 is 14.6 Å². The van der Waals surface area contributed by atoms with E-state index in [1.54, 1.807) is 0 Å². The van der Waals surface area contributed by atoms with E-state index in [0.29, 0.717) is 23.2 Å². The molecule has 0 aromatic heterocycles. The van der Waals surface area contributed by atoms with Crippen LogP contribution in [0.3, 0.4) is 0 Å². The van der Waals surface area contributed by atoms with Gasteiger partial charge in [-0.05, 0) is 93.8 Å². The molecule has 0 bridgehead atoms. The minimum atomic E-state index is -0.127. The smallest absolute Gasteiger partial charge is 0.313 e. The molecule has 0 amide bonds. The molecule has 1 saturated heterocycles. The van der Waals surface area contributed by atoms with Crippen LogP contribution >= 0.6 is 0 Å². The number of fused-ring (bicyclic) bond motifs is 4. The highest BCUT2D eigenvalue weighted by Gasteiger charge is 2.68. The second-order valence-corrected chi connectivity index (χ2v) is 9.96. The number of cyclic esters (lactones) is 1. The molecule has 134 valence electrons. The average Bonchev–Trinajstić information content (AvgIpc) is 3.05. The van der Waals surface area contributed by atoms with E-state index in [1.807, 2.05) is 0 Å². The van der Waals surface area contributed by atoms with E-state index in [2.05, 4.69) is 13.8 Å². The summed E-state index contributed by atoms with van der Waals surface area (Å²) in [5.74, 6) is 3.38. The number of esters is 1. The molecule has 4 aliphatic carbocycles. The largest absolute Gasteiger partial charge is 0.462 e. The fourth-order valence-electron chi connectivity index (χ4n) is 8.37. The summed E-state index contributed by atoms with van der Waals surface area (Å²) in [6.45, 7) is 4.63. The number of aliphatic hydroxyl groups is 1. The lowest BCUT2D eigenvalue weighted by Gasteiger charge is -2.60. The summed E-state index contributed by atoms with van der Waals surface area (Å²) in [5.41, 5.74) is 0.272. The summed E-state index contributed by atoms with van der Waals surface area (Å²) in [6.07, 6.45) is 10.5. The normalized spacial score (nSPS) is 59.1. The molecule has 5 fully saturated rings. The molecule has 0 aromatic rings. The van der Waals surface area contributed by atoms with Gasteiger partial charge in [0.25, 0.3) is 0 Å². The van der Waals surface area contributed by atoms with Crippen molar-refractivity contribution in [1.82, 2.24) is 0 Å². The number of rotatable bonds is 0. The fraction of sp³-hybridized carbons (Fsp3) is 0.952. The number of carbonyl (C=O) groups excluding carboxylic acids is 1. The molecule has 1 N–H and O–H groups in total. The van der Waals surface area contributed by atoms with Crippen molar-refractivity contribution in [2.24, 2.45) is 40.4 Å². The third-order valence-corrected chi connectivity index (χ3v) is 9.46. The van der Waals surface area contributed by atoms with Crippen LogP contribution in [0.4, 0.5) is 0 Å². The van der Waals surface area contributed by atoms with Gasteiger partial charge in [0, 0.05) is 5.92 Å². The lowest BCUT2D eigenvalue weighted by atomic mass is 9.44. The molecule has 4 saturated carbocycles. The van der Waals surface area contributed by atoms with Crippen LogP contribution in [0.2, 0.25) is 0 Å². The summed E-state index contributed by atoms with van der Waals surface area (Å²) in [5, 5.41) is 10.1. The van der Waals surface area contributed by atoms with Gasteiger partial charge in [-0.15, -0.1) is 0 Å². The number of hydrogen-bond donors (Lipinski definition) is 1. The Morgan fingerprint density at radius 1 is 1.00 bits per heavy atom. The molecule has 3 heteroatoms. The van der Waals surface area contributed by atoms with E-state index in [1.165, 1.54) is 38.5 Å². The molecule has 5 aliphatic rings. The fourth-order valence-corrected chi connectivity index (χ4v) is 8.37. The highest BCUT2D eigenvalue weighted by molar-refractivity contribution is 5.81. The zero-order valence-electron chi connectivity index (χ0n) is 15.2. The second-order valence-electron chi connectivity index (χ2n) is 9.96. The first-order valence-electron chi connectivity index (χ1n) is 10.4. The van der Waals surface area contributed by atoms with Crippen LogP contribution in [0.1, 0.15) is 71.6 Å². The molecule has 3 nitrogen and oxygen atoms in total. The maximum atomic E-state index is 12.8. The van der Waals surface area contributed by atoms with Gasteiger partial charge in [-0.2, -0.15) is 0 Å². The van der Waals surface area contributed by atoms with E-state index in [0.717, 1.165) is 31.1 Å². The lowest BCUT2D eigenvalue weighted by molar-refractivity contribution is -0.163. The van der Waals surface area contributed by atoms with Gasteiger partial charge in [-0.3, -0.25) is 4.79 Å². The molecule has 1 spiro atoms. The van der Waals surface area contributed by atoms with E-state index >= 15 is 0 Å². The van der Waals surface area contributed by atoms with Gasteiger partial charge in [0.05, 0.1) is 11.5 Å². The predicted octanol–water partition coefficient (Wildman–Crippen LogP) is 3.93. The van der Waals surface area contributed by atoms with E-state index in [4.69, 9.17) is 4.74 Å². The Balaban J connectivity index is 1.48. The van der Waals surface area contributed by atoms with Crippen molar-refractivity contribution in [2.75, 3.05) is 0 Å². The quantitative estimate of drug-likeness (QED) is 0.684.